The maximum absolute atomic E-state index is 3.49. The molecule has 0 aromatic carbocycles. The highest BCUT2D eigenvalue weighted by molar-refractivity contribution is 4.80. The highest BCUT2D eigenvalue weighted by atomic mass is 15.2. The topological polar surface area (TPSA) is 15.3 Å². The summed E-state index contributed by atoms with van der Waals surface area (Å²) in [6.45, 7) is 13.1. The van der Waals surface area contributed by atoms with Gasteiger partial charge in [-0.2, -0.15) is 0 Å². The summed E-state index contributed by atoms with van der Waals surface area (Å²) in [5, 5.41) is 3.49. The monoisotopic (exact) mass is 240 g/mol. The lowest BCUT2D eigenvalue weighted by atomic mass is 9.93. The third kappa shape index (κ3) is 5.39. The van der Waals surface area contributed by atoms with Crippen molar-refractivity contribution in [1.82, 2.24) is 10.2 Å². The van der Waals surface area contributed by atoms with E-state index in [9.17, 15) is 0 Å². The fourth-order valence-electron chi connectivity index (χ4n) is 2.93. The Labute approximate surface area is 108 Å². The van der Waals surface area contributed by atoms with E-state index in [1.165, 1.54) is 51.7 Å². The maximum atomic E-state index is 3.49. The molecule has 0 amide bonds. The van der Waals surface area contributed by atoms with Crippen molar-refractivity contribution >= 4 is 0 Å². The van der Waals surface area contributed by atoms with Crippen molar-refractivity contribution in [3.8, 4) is 0 Å². The molecule has 0 saturated carbocycles. The molecule has 0 aliphatic carbocycles. The third-order valence-corrected chi connectivity index (χ3v) is 4.13. The van der Waals surface area contributed by atoms with Crippen molar-refractivity contribution < 1.29 is 0 Å². The van der Waals surface area contributed by atoms with Crippen LogP contribution in [-0.2, 0) is 0 Å². The van der Waals surface area contributed by atoms with Gasteiger partial charge in [0.05, 0.1) is 0 Å². The molecule has 1 heterocycles. The predicted molar refractivity (Wildman–Crippen MR) is 76.4 cm³/mol. The minimum Gasteiger partial charge on any atom is -0.317 e. The van der Waals surface area contributed by atoms with Crippen LogP contribution >= 0.6 is 0 Å². The van der Waals surface area contributed by atoms with Crippen LogP contribution in [0.3, 0.4) is 0 Å². The standard InChI is InChI=1S/C15H32N2/c1-5-10-16-11-6-7-14(3)17-12-13(2)8-9-15(17)4/h13-16H,5-12H2,1-4H3. The molecule has 17 heavy (non-hydrogen) atoms. The van der Waals surface area contributed by atoms with E-state index >= 15 is 0 Å². The minimum absolute atomic E-state index is 0.760. The van der Waals surface area contributed by atoms with Gasteiger partial charge in [0.2, 0.25) is 0 Å². The summed E-state index contributed by atoms with van der Waals surface area (Å²) < 4.78 is 0. The molecule has 2 heteroatoms. The molecule has 0 bridgehead atoms. The number of piperidine rings is 1. The van der Waals surface area contributed by atoms with Crippen molar-refractivity contribution in [1.29, 1.82) is 0 Å². The maximum Gasteiger partial charge on any atom is 0.00703 e. The molecule has 0 spiro atoms. The number of nitrogens with one attached hydrogen (secondary N) is 1. The molecule has 2 nitrogen and oxygen atoms in total. The van der Waals surface area contributed by atoms with Crippen molar-refractivity contribution in [2.75, 3.05) is 19.6 Å². The summed E-state index contributed by atoms with van der Waals surface area (Å²) in [4.78, 5) is 2.73. The largest absolute Gasteiger partial charge is 0.317 e. The highest BCUT2D eigenvalue weighted by Crippen LogP contribution is 2.24. The molecule has 0 radical (unpaired) electrons. The molecule has 1 aliphatic rings. The Balaban J connectivity index is 2.18. The van der Waals surface area contributed by atoms with E-state index in [4.69, 9.17) is 0 Å². The lowest BCUT2D eigenvalue weighted by Gasteiger charge is -2.41. The summed E-state index contributed by atoms with van der Waals surface area (Å²) in [6, 6.07) is 1.56. The summed E-state index contributed by atoms with van der Waals surface area (Å²) in [6.07, 6.45) is 6.71. The molecule has 1 fully saturated rings. The first kappa shape index (κ1) is 15.0. The van der Waals surface area contributed by atoms with E-state index in [0.717, 1.165) is 18.0 Å². The van der Waals surface area contributed by atoms with Crippen LogP contribution in [0.25, 0.3) is 0 Å². The molecular formula is C15H32N2. The third-order valence-electron chi connectivity index (χ3n) is 4.13. The Kier molecular flexibility index (Phi) is 7.14. The molecule has 3 atom stereocenters. The summed E-state index contributed by atoms with van der Waals surface area (Å²) in [5.74, 6) is 0.895. The summed E-state index contributed by atoms with van der Waals surface area (Å²) in [5.41, 5.74) is 0. The van der Waals surface area contributed by atoms with Crippen molar-refractivity contribution in [2.24, 2.45) is 5.92 Å². The second kappa shape index (κ2) is 8.10. The first-order valence-corrected chi connectivity index (χ1v) is 7.61. The Hall–Kier alpha value is -0.0800. The molecule has 1 saturated heterocycles. The van der Waals surface area contributed by atoms with E-state index < -0.39 is 0 Å². The van der Waals surface area contributed by atoms with Crippen LogP contribution in [0.5, 0.6) is 0 Å². The van der Waals surface area contributed by atoms with Gasteiger partial charge in [-0.25, -0.2) is 0 Å². The Morgan fingerprint density at radius 3 is 2.71 bits per heavy atom. The van der Waals surface area contributed by atoms with Crippen molar-refractivity contribution in [3.05, 3.63) is 0 Å². The van der Waals surface area contributed by atoms with Gasteiger partial charge >= 0.3 is 0 Å². The summed E-state index contributed by atoms with van der Waals surface area (Å²) in [7, 11) is 0. The van der Waals surface area contributed by atoms with E-state index in [1.54, 1.807) is 0 Å². The number of nitrogens with zero attached hydrogens (tertiary/aromatic N) is 1. The van der Waals surface area contributed by atoms with Gasteiger partial charge < -0.3 is 5.32 Å². The lowest BCUT2D eigenvalue weighted by molar-refractivity contribution is 0.0796. The van der Waals surface area contributed by atoms with Gasteiger partial charge in [-0.15, -0.1) is 0 Å². The summed E-state index contributed by atoms with van der Waals surface area (Å²) >= 11 is 0. The van der Waals surface area contributed by atoms with Crippen LogP contribution in [0, 0.1) is 5.92 Å². The average molecular weight is 240 g/mol. The van der Waals surface area contributed by atoms with Gasteiger partial charge in [0.15, 0.2) is 0 Å². The van der Waals surface area contributed by atoms with Crippen LogP contribution in [0.15, 0.2) is 0 Å². The number of likely N-dealkylation sites (tertiary alicyclic amines) is 1. The predicted octanol–water partition coefficient (Wildman–Crippen LogP) is 3.28. The molecule has 1 aliphatic heterocycles. The second-order valence-electron chi connectivity index (χ2n) is 5.97. The fourth-order valence-corrected chi connectivity index (χ4v) is 2.93. The Morgan fingerprint density at radius 1 is 1.24 bits per heavy atom. The lowest BCUT2D eigenvalue weighted by Crippen LogP contribution is -2.46. The molecule has 102 valence electrons. The van der Waals surface area contributed by atoms with Crippen LogP contribution in [0.4, 0.5) is 0 Å². The van der Waals surface area contributed by atoms with Crippen LogP contribution < -0.4 is 5.32 Å². The van der Waals surface area contributed by atoms with Crippen LogP contribution in [0.1, 0.15) is 59.8 Å². The van der Waals surface area contributed by atoms with Crippen molar-refractivity contribution in [3.63, 3.8) is 0 Å². The zero-order valence-corrected chi connectivity index (χ0v) is 12.3. The van der Waals surface area contributed by atoms with E-state index in [1.807, 2.05) is 0 Å². The second-order valence-corrected chi connectivity index (χ2v) is 5.97. The molecule has 0 aromatic heterocycles. The first-order valence-electron chi connectivity index (χ1n) is 7.61. The number of rotatable bonds is 7. The Bertz CT molecular complexity index is 193. The molecule has 1 rings (SSSR count). The number of hydrogen-bond acceptors (Lipinski definition) is 2. The highest BCUT2D eigenvalue weighted by Gasteiger charge is 2.26. The Morgan fingerprint density at radius 2 is 2.00 bits per heavy atom. The fraction of sp³-hybridized carbons (Fsp3) is 1.00. The zero-order valence-electron chi connectivity index (χ0n) is 12.3. The molecule has 3 unspecified atom stereocenters. The van der Waals surface area contributed by atoms with E-state index in [0.29, 0.717) is 0 Å². The molecule has 1 N–H and O–H groups in total. The van der Waals surface area contributed by atoms with Crippen LogP contribution in [0.2, 0.25) is 0 Å². The van der Waals surface area contributed by atoms with E-state index in [2.05, 4.69) is 37.9 Å². The molecule has 0 aromatic rings. The van der Waals surface area contributed by atoms with Crippen molar-refractivity contribution in [2.45, 2.75) is 71.9 Å². The minimum atomic E-state index is 0.760. The van der Waals surface area contributed by atoms with Gasteiger partial charge in [0, 0.05) is 18.6 Å². The zero-order chi connectivity index (χ0) is 12.7. The molecular weight excluding hydrogens is 208 g/mol. The van der Waals surface area contributed by atoms with Crippen LogP contribution in [-0.4, -0.2) is 36.6 Å². The quantitative estimate of drug-likeness (QED) is 0.687. The first-order chi connectivity index (χ1) is 8.15. The average Bonchev–Trinajstić information content (AvgIpc) is 2.32. The number of hydrogen-bond donors (Lipinski definition) is 1. The smallest absolute Gasteiger partial charge is 0.00703 e. The van der Waals surface area contributed by atoms with E-state index in [-0.39, 0.29) is 0 Å². The van der Waals surface area contributed by atoms with Gasteiger partial charge in [-0.05, 0) is 65.0 Å². The SMILES string of the molecule is CCCNCCCC(C)N1CC(C)CCC1C. The van der Waals surface area contributed by atoms with Gasteiger partial charge in [-0.3, -0.25) is 4.90 Å². The van der Waals surface area contributed by atoms with Gasteiger partial charge in [-0.1, -0.05) is 13.8 Å². The normalized spacial score (nSPS) is 28.2. The van der Waals surface area contributed by atoms with Gasteiger partial charge in [0.25, 0.3) is 0 Å². The van der Waals surface area contributed by atoms with Gasteiger partial charge in [0.1, 0.15) is 0 Å².